The Labute approximate surface area is 262 Å². The second-order valence-corrected chi connectivity index (χ2v) is 21.7. The zero-order valence-corrected chi connectivity index (χ0v) is 29.2. The van der Waals surface area contributed by atoms with Crippen molar-refractivity contribution in [3.8, 4) is 11.5 Å². The van der Waals surface area contributed by atoms with E-state index in [1.165, 1.54) is 28.4 Å². The number of Topliss-reactive ketones (excluding diaryl/α,β-unsaturated/α-hetero) is 1. The Balaban J connectivity index is 0. The van der Waals surface area contributed by atoms with Gasteiger partial charge in [-0.15, -0.1) is 0 Å². The summed E-state index contributed by atoms with van der Waals surface area (Å²) in [5.41, 5.74) is 1.10. The number of alkyl halides is 5. The van der Waals surface area contributed by atoms with Gasteiger partial charge in [0.1, 0.15) is 23.1 Å². The lowest BCUT2D eigenvalue weighted by atomic mass is 10.1. The number of oxime groups is 1. The second-order valence-electron chi connectivity index (χ2n) is 5.49. The van der Waals surface area contributed by atoms with E-state index >= 15 is 0 Å². The van der Waals surface area contributed by atoms with E-state index in [4.69, 9.17) is 10.3 Å². The van der Waals surface area contributed by atoms with Gasteiger partial charge in [-0.2, -0.15) is 0 Å². The topological polar surface area (TPSA) is 90.1 Å². The third-order valence-electron chi connectivity index (χ3n) is 3.23. The van der Waals surface area contributed by atoms with E-state index in [1.54, 1.807) is 6.92 Å². The molecule has 32 heavy (non-hydrogen) atoms. The summed E-state index contributed by atoms with van der Waals surface area (Å²) in [5.74, 6) is -1.92. The molecule has 0 bridgehead atoms. The van der Waals surface area contributed by atoms with Crippen LogP contribution in [-0.4, -0.2) is 29.3 Å². The lowest BCUT2D eigenvalue weighted by Crippen LogP contribution is -1.97. The van der Waals surface area contributed by atoms with E-state index in [2.05, 4.69) is 134 Å². The Hall–Kier alpha value is 1.17. The molecule has 0 atom stereocenters. The molecule has 0 aliphatic carbocycles. The first-order valence-electron chi connectivity index (χ1n) is 8.14. The van der Waals surface area contributed by atoms with E-state index < -0.39 is 11.6 Å². The summed E-state index contributed by atoms with van der Waals surface area (Å²) in [6, 6.07) is 4.59. The summed E-state index contributed by atoms with van der Waals surface area (Å²) in [5, 5.41) is 29.8. The number of aryl methyl sites for hydroxylation is 1. The normalized spacial score (nSPS) is 10.2. The first kappa shape index (κ1) is 35.3. The fraction of sp³-hybridized carbons (Fsp3) is 0.263. The molecule has 0 fully saturated rings. The van der Waals surface area contributed by atoms with Crippen LogP contribution in [-0.2, 0) is 0 Å². The molecule has 0 heterocycles. The van der Waals surface area contributed by atoms with Crippen LogP contribution in [0.5, 0.6) is 11.5 Å². The Morgan fingerprint density at radius 3 is 1.81 bits per heavy atom. The Morgan fingerprint density at radius 1 is 1.00 bits per heavy atom. The number of carbonyl (C=O) groups is 1. The van der Waals surface area contributed by atoms with Crippen molar-refractivity contribution in [2.75, 3.05) is 2.43 Å². The monoisotopic (exact) mass is 1080 g/mol. The summed E-state index contributed by atoms with van der Waals surface area (Å²) in [6.45, 7) is 4.40. The van der Waals surface area contributed by atoms with Gasteiger partial charge in [0.25, 0.3) is 0 Å². The van der Waals surface area contributed by atoms with Crippen molar-refractivity contribution in [2.45, 2.75) is 20.7 Å². The molecule has 5 nitrogen and oxygen atoms in total. The van der Waals surface area contributed by atoms with Gasteiger partial charge >= 0.3 is 0 Å². The molecule has 2 aromatic rings. The van der Waals surface area contributed by atoms with Gasteiger partial charge < -0.3 is 15.4 Å². The second kappa shape index (κ2) is 19.4. The first-order chi connectivity index (χ1) is 14.7. The van der Waals surface area contributed by atoms with Gasteiger partial charge in [-0.3, -0.25) is 4.79 Å². The molecular formula is C19H19BrF2I5NO4. The Morgan fingerprint density at radius 2 is 1.41 bits per heavy atom. The van der Waals surface area contributed by atoms with Gasteiger partial charge in [-0.05, 0) is 54.4 Å². The number of halogens is 8. The van der Waals surface area contributed by atoms with Gasteiger partial charge in [-0.1, -0.05) is 118 Å². The number of nitrogens with zero attached hydrogens (tertiary/aromatic N) is 1. The van der Waals surface area contributed by atoms with Crippen LogP contribution in [0.3, 0.4) is 0 Å². The van der Waals surface area contributed by atoms with Gasteiger partial charge in [0.05, 0.1) is 18.2 Å². The van der Waals surface area contributed by atoms with Crippen molar-refractivity contribution in [1.82, 2.24) is 0 Å². The molecule has 0 unspecified atom stereocenters. The number of phenolic OH excluding ortho intramolecular Hbond substituents is 2. The molecule has 2 aromatic carbocycles. The summed E-state index contributed by atoms with van der Waals surface area (Å²) < 4.78 is 27.7. The molecule has 0 aromatic heterocycles. The van der Waals surface area contributed by atoms with Crippen molar-refractivity contribution >= 4 is 140 Å². The molecule has 13 heteroatoms. The maximum absolute atomic E-state index is 12.9. The summed E-state index contributed by atoms with van der Waals surface area (Å²) >= 11 is 14.4. The molecule has 0 saturated heterocycles. The quantitative estimate of drug-likeness (QED) is 0.0701. The van der Waals surface area contributed by atoms with Crippen LogP contribution >= 0.6 is 129 Å². The third kappa shape index (κ3) is 15.2. The largest absolute Gasteiger partial charge is 0.507 e. The summed E-state index contributed by atoms with van der Waals surface area (Å²) in [4.78, 5) is 10.8. The summed E-state index contributed by atoms with van der Waals surface area (Å²) in [6.07, 6.45) is 0. The number of phenols is 2. The van der Waals surface area contributed by atoms with E-state index in [-0.39, 0.29) is 33.0 Å². The SMILES string of the molecule is C/C(=N\O)c1cc(C)c(F)cc1O.CC(=O)c1cc(Br)c(F)cc1O.IC(I)I.ICI. The lowest BCUT2D eigenvalue weighted by molar-refractivity contribution is 0.101. The smallest absolute Gasteiger partial charge is 0.163 e. The van der Waals surface area contributed by atoms with Gasteiger partial charge in [0, 0.05) is 17.7 Å². The lowest BCUT2D eigenvalue weighted by Gasteiger charge is -2.04. The fourth-order valence-electron chi connectivity index (χ4n) is 1.83. The molecule has 2 rings (SSSR count). The first-order valence-corrected chi connectivity index (χ1v) is 15.7. The number of ketones is 1. The third-order valence-corrected chi connectivity index (χ3v) is 3.84. The highest BCUT2D eigenvalue weighted by atomic mass is 127. The van der Waals surface area contributed by atoms with Crippen LogP contribution in [0.4, 0.5) is 8.78 Å². The van der Waals surface area contributed by atoms with Crippen molar-refractivity contribution in [1.29, 1.82) is 0 Å². The van der Waals surface area contributed by atoms with Crippen molar-refractivity contribution in [3.63, 3.8) is 0 Å². The van der Waals surface area contributed by atoms with E-state index in [0.29, 0.717) is 11.1 Å². The highest BCUT2D eigenvalue weighted by molar-refractivity contribution is 14.3. The Kier molecular flexibility index (Phi) is 21.4. The summed E-state index contributed by atoms with van der Waals surface area (Å²) in [7, 11) is 0. The number of hydrogen-bond donors (Lipinski definition) is 3. The zero-order chi connectivity index (χ0) is 25.6. The van der Waals surface area contributed by atoms with Crippen LogP contribution < -0.4 is 0 Å². The molecule has 0 spiro atoms. The molecule has 0 amide bonds. The average Bonchev–Trinajstić information content (AvgIpc) is 2.67. The van der Waals surface area contributed by atoms with E-state index in [0.717, 1.165) is 12.1 Å². The molecule has 3 N–H and O–H groups in total. The van der Waals surface area contributed by atoms with Crippen LogP contribution in [0.15, 0.2) is 33.9 Å². The minimum atomic E-state index is -0.586. The molecule has 0 radical (unpaired) electrons. The van der Waals surface area contributed by atoms with Crippen molar-refractivity contribution < 1.29 is 29.0 Å². The van der Waals surface area contributed by atoms with Crippen LogP contribution in [0.25, 0.3) is 0 Å². The minimum absolute atomic E-state index is 0.114. The van der Waals surface area contributed by atoms with Gasteiger partial charge in [-0.25, -0.2) is 8.78 Å². The van der Waals surface area contributed by atoms with E-state index in [1.807, 2.05) is 0 Å². The van der Waals surface area contributed by atoms with Crippen LogP contribution in [0, 0.1) is 18.6 Å². The van der Waals surface area contributed by atoms with Crippen LogP contribution in [0.2, 0.25) is 0 Å². The maximum Gasteiger partial charge on any atom is 0.163 e. The minimum Gasteiger partial charge on any atom is -0.507 e. The number of hydrogen-bond acceptors (Lipinski definition) is 5. The number of benzene rings is 2. The van der Waals surface area contributed by atoms with Crippen LogP contribution in [0.1, 0.15) is 35.3 Å². The Bertz CT molecular complexity index is 915. The highest BCUT2D eigenvalue weighted by Crippen LogP contribution is 2.25. The standard InChI is InChI=1S/C9H10FNO2.C8H6BrFO2.CHI3.CH2I2/c1-5-3-7(6(2)11-13)9(12)4-8(5)10;1-4(11)5-2-6(9)7(10)3-8(5)12;2-1(3)4;2-1-3/h3-4,12-13H,1-2H3;2-3,12H,1H3;1H;1H2/b11-6+;;;. The number of aromatic hydroxyl groups is 2. The number of rotatable bonds is 2. The van der Waals surface area contributed by atoms with Crippen molar-refractivity contribution in [2.24, 2.45) is 5.16 Å². The molecule has 0 aliphatic heterocycles. The predicted molar refractivity (Wildman–Crippen MR) is 171 cm³/mol. The molecule has 0 saturated carbocycles. The maximum atomic E-state index is 12.9. The number of carbonyl (C=O) groups excluding carboxylic acids is 1. The predicted octanol–water partition coefficient (Wildman–Crippen LogP) is 8.92. The van der Waals surface area contributed by atoms with E-state index in [9.17, 15) is 18.7 Å². The van der Waals surface area contributed by atoms with Crippen molar-refractivity contribution in [3.05, 3.63) is 57.1 Å². The fourth-order valence-corrected chi connectivity index (χ4v) is 2.18. The molecule has 0 aliphatic rings. The van der Waals surface area contributed by atoms with Gasteiger partial charge in [0.15, 0.2) is 5.78 Å². The zero-order valence-electron chi connectivity index (χ0n) is 16.8. The highest BCUT2D eigenvalue weighted by Gasteiger charge is 2.10. The average molecular weight is 1080 g/mol. The molecular weight excluding hydrogens is 1060 g/mol. The molecule has 180 valence electrons. The van der Waals surface area contributed by atoms with Gasteiger partial charge in [0.2, 0.25) is 0 Å².